The van der Waals surface area contributed by atoms with E-state index in [0.717, 1.165) is 12.1 Å². The molecule has 1 aromatic carbocycles. The first-order chi connectivity index (χ1) is 9.60. The maximum absolute atomic E-state index is 11.0. The van der Waals surface area contributed by atoms with Gasteiger partial charge in [0.2, 0.25) is 0 Å². The monoisotopic (exact) mass is 291 g/mol. The van der Waals surface area contributed by atoms with Crippen molar-refractivity contribution in [3.63, 3.8) is 0 Å². The van der Waals surface area contributed by atoms with Crippen LogP contribution >= 0.6 is 11.3 Å². The molecule has 4 nitrogen and oxygen atoms in total. The molecule has 2 aromatic rings. The van der Waals surface area contributed by atoms with Gasteiger partial charge in [-0.1, -0.05) is 6.07 Å². The zero-order chi connectivity index (χ0) is 14.5. The Labute approximate surface area is 122 Å². The standard InChI is InChI=1S/C15H17NO3S/c1-16(10-13-4-3-7-20-13)9-12-8-11(15(17)18)5-6-14(12)19-2/h3-8H,9-10H2,1-2H3,(H,17,18). The second kappa shape index (κ2) is 6.54. The van der Waals surface area contributed by atoms with Crippen LogP contribution in [-0.2, 0) is 13.1 Å². The number of methoxy groups -OCH3 is 1. The summed E-state index contributed by atoms with van der Waals surface area (Å²) in [5, 5.41) is 11.1. The van der Waals surface area contributed by atoms with Gasteiger partial charge in [0.05, 0.1) is 12.7 Å². The smallest absolute Gasteiger partial charge is 0.335 e. The van der Waals surface area contributed by atoms with E-state index in [0.29, 0.717) is 12.3 Å². The number of carbonyl (C=O) groups is 1. The third-order valence-electron chi connectivity index (χ3n) is 2.97. The van der Waals surface area contributed by atoms with Gasteiger partial charge in [-0.25, -0.2) is 4.79 Å². The summed E-state index contributed by atoms with van der Waals surface area (Å²) < 4.78 is 5.30. The highest BCUT2D eigenvalue weighted by Crippen LogP contribution is 2.22. The summed E-state index contributed by atoms with van der Waals surface area (Å²) in [6.45, 7) is 1.47. The third kappa shape index (κ3) is 3.59. The van der Waals surface area contributed by atoms with Crippen LogP contribution < -0.4 is 4.74 Å². The van der Waals surface area contributed by atoms with E-state index < -0.39 is 5.97 Å². The number of nitrogens with zero attached hydrogens (tertiary/aromatic N) is 1. The van der Waals surface area contributed by atoms with Crippen LogP contribution in [0.15, 0.2) is 35.7 Å². The van der Waals surface area contributed by atoms with E-state index in [-0.39, 0.29) is 5.56 Å². The minimum Gasteiger partial charge on any atom is -0.496 e. The predicted octanol–water partition coefficient (Wildman–Crippen LogP) is 3.09. The van der Waals surface area contributed by atoms with Crippen molar-refractivity contribution in [2.75, 3.05) is 14.2 Å². The molecule has 5 heteroatoms. The van der Waals surface area contributed by atoms with Gasteiger partial charge in [-0.2, -0.15) is 0 Å². The highest BCUT2D eigenvalue weighted by atomic mass is 32.1. The molecule has 0 aliphatic heterocycles. The first-order valence-electron chi connectivity index (χ1n) is 6.21. The molecule has 1 aromatic heterocycles. The van der Waals surface area contributed by atoms with Crippen LogP contribution in [0.5, 0.6) is 5.75 Å². The van der Waals surface area contributed by atoms with Crippen molar-refractivity contribution in [3.05, 3.63) is 51.7 Å². The van der Waals surface area contributed by atoms with Crippen molar-refractivity contribution in [1.29, 1.82) is 0 Å². The van der Waals surface area contributed by atoms with Crippen molar-refractivity contribution >= 4 is 17.3 Å². The molecule has 0 spiro atoms. The van der Waals surface area contributed by atoms with Gasteiger partial charge in [0.15, 0.2) is 0 Å². The largest absolute Gasteiger partial charge is 0.496 e. The van der Waals surface area contributed by atoms with Crippen LogP contribution in [0, 0.1) is 0 Å². The van der Waals surface area contributed by atoms with Gasteiger partial charge in [-0.05, 0) is 36.7 Å². The maximum Gasteiger partial charge on any atom is 0.335 e. The molecule has 106 valence electrons. The fourth-order valence-electron chi connectivity index (χ4n) is 2.05. The zero-order valence-electron chi connectivity index (χ0n) is 11.5. The molecule has 0 radical (unpaired) electrons. The second-order valence-corrected chi connectivity index (χ2v) is 5.62. The number of rotatable bonds is 6. The lowest BCUT2D eigenvalue weighted by molar-refractivity contribution is 0.0696. The number of thiophene rings is 1. The predicted molar refractivity (Wildman–Crippen MR) is 79.4 cm³/mol. The van der Waals surface area contributed by atoms with Gasteiger partial charge in [0.1, 0.15) is 5.75 Å². The van der Waals surface area contributed by atoms with Gasteiger partial charge in [0.25, 0.3) is 0 Å². The van der Waals surface area contributed by atoms with E-state index >= 15 is 0 Å². The Morgan fingerprint density at radius 2 is 2.15 bits per heavy atom. The summed E-state index contributed by atoms with van der Waals surface area (Å²) in [5.41, 5.74) is 1.16. The van der Waals surface area contributed by atoms with Gasteiger partial charge in [-0.3, -0.25) is 4.90 Å². The van der Waals surface area contributed by atoms with Crippen molar-refractivity contribution in [3.8, 4) is 5.75 Å². The number of hydrogen-bond acceptors (Lipinski definition) is 4. The number of aromatic carboxylic acids is 1. The summed E-state index contributed by atoms with van der Waals surface area (Å²) in [6, 6.07) is 9.05. The van der Waals surface area contributed by atoms with Gasteiger partial charge >= 0.3 is 5.97 Å². The molecule has 0 aliphatic carbocycles. The Balaban J connectivity index is 2.14. The second-order valence-electron chi connectivity index (χ2n) is 4.58. The van der Waals surface area contributed by atoms with Crippen molar-refractivity contribution in [2.24, 2.45) is 0 Å². The van der Waals surface area contributed by atoms with E-state index in [9.17, 15) is 4.79 Å². The number of carboxylic acids is 1. The van der Waals surface area contributed by atoms with Gasteiger partial charge < -0.3 is 9.84 Å². The first-order valence-corrected chi connectivity index (χ1v) is 7.09. The fourth-order valence-corrected chi connectivity index (χ4v) is 2.83. The lowest BCUT2D eigenvalue weighted by Gasteiger charge is -2.18. The summed E-state index contributed by atoms with van der Waals surface area (Å²) in [4.78, 5) is 14.5. The number of hydrogen-bond donors (Lipinski definition) is 1. The molecule has 1 N–H and O–H groups in total. The molecule has 0 fully saturated rings. The first kappa shape index (κ1) is 14.6. The molecule has 0 saturated heterocycles. The number of benzene rings is 1. The quantitative estimate of drug-likeness (QED) is 0.888. The maximum atomic E-state index is 11.0. The Morgan fingerprint density at radius 1 is 1.35 bits per heavy atom. The molecular weight excluding hydrogens is 274 g/mol. The fraction of sp³-hybridized carbons (Fsp3) is 0.267. The normalized spacial score (nSPS) is 10.8. The Morgan fingerprint density at radius 3 is 2.75 bits per heavy atom. The van der Waals surface area contributed by atoms with Crippen molar-refractivity contribution in [2.45, 2.75) is 13.1 Å². The topological polar surface area (TPSA) is 49.8 Å². The number of ether oxygens (including phenoxy) is 1. The lowest BCUT2D eigenvalue weighted by atomic mass is 10.1. The molecule has 0 unspecified atom stereocenters. The summed E-state index contributed by atoms with van der Waals surface area (Å²) in [7, 11) is 3.60. The van der Waals surface area contributed by atoms with E-state index in [2.05, 4.69) is 16.3 Å². The molecule has 20 heavy (non-hydrogen) atoms. The Kier molecular flexibility index (Phi) is 4.76. The van der Waals surface area contributed by atoms with E-state index in [4.69, 9.17) is 9.84 Å². The third-order valence-corrected chi connectivity index (χ3v) is 3.83. The average Bonchev–Trinajstić information content (AvgIpc) is 2.91. The molecule has 1 heterocycles. The average molecular weight is 291 g/mol. The molecule has 0 saturated carbocycles. The molecule has 0 atom stereocenters. The number of carboxylic acid groups (broad SMARTS) is 1. The Hall–Kier alpha value is -1.85. The molecule has 0 bridgehead atoms. The molecule has 0 amide bonds. The SMILES string of the molecule is COc1ccc(C(=O)O)cc1CN(C)Cc1cccs1. The van der Waals surface area contributed by atoms with Gasteiger partial charge in [-0.15, -0.1) is 11.3 Å². The van der Waals surface area contributed by atoms with E-state index in [1.54, 1.807) is 36.6 Å². The van der Waals surface area contributed by atoms with Crippen LogP contribution in [0.2, 0.25) is 0 Å². The summed E-state index contributed by atoms with van der Waals surface area (Å²) in [6.07, 6.45) is 0. The van der Waals surface area contributed by atoms with Crippen molar-refractivity contribution in [1.82, 2.24) is 4.90 Å². The van der Waals surface area contributed by atoms with E-state index in [1.807, 2.05) is 13.1 Å². The highest BCUT2D eigenvalue weighted by Gasteiger charge is 2.11. The molecule has 0 aliphatic rings. The lowest BCUT2D eigenvalue weighted by Crippen LogP contribution is -2.17. The Bertz CT molecular complexity index is 581. The van der Waals surface area contributed by atoms with Gasteiger partial charge in [0, 0.05) is 23.5 Å². The molecular formula is C15H17NO3S. The minimum absolute atomic E-state index is 0.283. The molecule has 2 rings (SSSR count). The minimum atomic E-state index is -0.921. The zero-order valence-corrected chi connectivity index (χ0v) is 12.3. The van der Waals surface area contributed by atoms with Crippen LogP contribution in [0.1, 0.15) is 20.8 Å². The van der Waals surface area contributed by atoms with Crippen LogP contribution in [0.4, 0.5) is 0 Å². The summed E-state index contributed by atoms with van der Waals surface area (Å²) >= 11 is 1.71. The van der Waals surface area contributed by atoms with E-state index in [1.165, 1.54) is 4.88 Å². The van der Waals surface area contributed by atoms with Crippen molar-refractivity contribution < 1.29 is 14.6 Å². The van der Waals surface area contributed by atoms with Crippen LogP contribution in [0.3, 0.4) is 0 Å². The van der Waals surface area contributed by atoms with Crippen LogP contribution in [0.25, 0.3) is 0 Å². The summed E-state index contributed by atoms with van der Waals surface area (Å²) in [5.74, 6) is -0.206. The highest BCUT2D eigenvalue weighted by molar-refractivity contribution is 7.09. The van der Waals surface area contributed by atoms with Crippen LogP contribution in [-0.4, -0.2) is 30.1 Å².